The Labute approximate surface area is 121 Å². The molecule has 0 aromatic rings. The highest BCUT2D eigenvalue weighted by Crippen LogP contribution is 2.15. The summed E-state index contributed by atoms with van der Waals surface area (Å²) in [5.74, 6) is -0.0155. The van der Waals surface area contributed by atoms with Gasteiger partial charge in [-0.15, -0.1) is 0 Å². The molecule has 0 radical (unpaired) electrons. The smallest absolute Gasteiger partial charge is 0.410 e. The normalized spacial score (nSPS) is 20.2. The van der Waals surface area contributed by atoms with Crippen LogP contribution in [0, 0.1) is 0 Å². The monoisotopic (exact) mass is 285 g/mol. The van der Waals surface area contributed by atoms with Crippen LogP contribution < -0.4 is 10.6 Å². The van der Waals surface area contributed by atoms with Crippen molar-refractivity contribution in [1.29, 1.82) is 0 Å². The Balaban J connectivity index is 2.39. The second-order valence-electron chi connectivity index (χ2n) is 6.15. The summed E-state index contributed by atoms with van der Waals surface area (Å²) in [6.07, 6.45) is 2.49. The van der Waals surface area contributed by atoms with Gasteiger partial charge in [0.25, 0.3) is 0 Å². The zero-order valence-corrected chi connectivity index (χ0v) is 13.0. The van der Waals surface area contributed by atoms with Gasteiger partial charge in [0.1, 0.15) is 5.60 Å². The van der Waals surface area contributed by atoms with Crippen molar-refractivity contribution in [1.82, 2.24) is 15.5 Å². The number of carbonyl (C=O) groups is 2. The highest BCUT2D eigenvalue weighted by molar-refractivity contribution is 5.77. The van der Waals surface area contributed by atoms with Gasteiger partial charge in [-0.2, -0.15) is 0 Å². The molecule has 116 valence electrons. The summed E-state index contributed by atoms with van der Waals surface area (Å²) in [4.78, 5) is 25.0. The minimum atomic E-state index is -0.458. The zero-order valence-electron chi connectivity index (χ0n) is 13.0. The number of nitrogens with zero attached hydrogens (tertiary/aromatic N) is 1. The Morgan fingerprint density at radius 2 is 1.95 bits per heavy atom. The molecule has 0 bridgehead atoms. The molecule has 2 amide bonds. The van der Waals surface area contributed by atoms with Gasteiger partial charge in [0.05, 0.1) is 6.54 Å². The second-order valence-corrected chi connectivity index (χ2v) is 6.15. The molecule has 6 nitrogen and oxygen atoms in total. The average molecular weight is 285 g/mol. The van der Waals surface area contributed by atoms with Crippen LogP contribution in [-0.2, 0) is 9.53 Å². The van der Waals surface area contributed by atoms with Gasteiger partial charge in [0, 0.05) is 26.2 Å². The van der Waals surface area contributed by atoms with E-state index in [1.165, 1.54) is 0 Å². The fourth-order valence-corrected chi connectivity index (χ4v) is 2.13. The van der Waals surface area contributed by atoms with Crippen molar-refractivity contribution in [3.05, 3.63) is 0 Å². The van der Waals surface area contributed by atoms with Crippen molar-refractivity contribution in [3.8, 4) is 0 Å². The van der Waals surface area contributed by atoms with E-state index in [2.05, 4.69) is 10.6 Å². The van der Waals surface area contributed by atoms with E-state index >= 15 is 0 Å². The minimum Gasteiger partial charge on any atom is -0.444 e. The molecular weight excluding hydrogens is 258 g/mol. The van der Waals surface area contributed by atoms with Crippen molar-refractivity contribution < 1.29 is 14.3 Å². The number of carbonyl (C=O) groups excluding carboxylic acids is 2. The van der Waals surface area contributed by atoms with E-state index in [-0.39, 0.29) is 18.0 Å². The van der Waals surface area contributed by atoms with Gasteiger partial charge in [-0.25, -0.2) is 4.79 Å². The van der Waals surface area contributed by atoms with Crippen molar-refractivity contribution in [2.75, 3.05) is 26.7 Å². The van der Waals surface area contributed by atoms with E-state index < -0.39 is 5.60 Å². The first-order valence-electron chi connectivity index (χ1n) is 7.23. The van der Waals surface area contributed by atoms with Gasteiger partial charge in [-0.1, -0.05) is 0 Å². The number of amides is 2. The Morgan fingerprint density at radius 1 is 1.25 bits per heavy atom. The van der Waals surface area contributed by atoms with Gasteiger partial charge < -0.3 is 20.3 Å². The van der Waals surface area contributed by atoms with Crippen LogP contribution in [0.4, 0.5) is 4.79 Å². The van der Waals surface area contributed by atoms with E-state index in [1.807, 2.05) is 20.8 Å². The SMILES string of the molecule is CNC(=O)CNC1CCCN(C(=O)OC(C)(C)C)CC1. The number of hydrogen-bond acceptors (Lipinski definition) is 4. The fraction of sp³-hybridized carbons (Fsp3) is 0.857. The maximum Gasteiger partial charge on any atom is 0.410 e. The first kappa shape index (κ1) is 16.8. The maximum absolute atomic E-state index is 12.0. The van der Waals surface area contributed by atoms with Crippen LogP contribution in [0.2, 0.25) is 0 Å². The van der Waals surface area contributed by atoms with Crippen LogP contribution in [-0.4, -0.2) is 55.2 Å². The average Bonchev–Trinajstić information content (AvgIpc) is 2.59. The Kier molecular flexibility index (Phi) is 6.26. The molecule has 0 aromatic carbocycles. The largest absolute Gasteiger partial charge is 0.444 e. The number of likely N-dealkylation sites (tertiary alicyclic amines) is 1. The van der Waals surface area contributed by atoms with E-state index in [0.29, 0.717) is 19.6 Å². The molecule has 1 rings (SSSR count). The molecule has 20 heavy (non-hydrogen) atoms. The van der Waals surface area contributed by atoms with Crippen molar-refractivity contribution in [3.63, 3.8) is 0 Å². The second kappa shape index (κ2) is 7.47. The topological polar surface area (TPSA) is 70.7 Å². The molecule has 1 fully saturated rings. The zero-order chi connectivity index (χ0) is 15.2. The highest BCUT2D eigenvalue weighted by Gasteiger charge is 2.25. The van der Waals surface area contributed by atoms with E-state index in [1.54, 1.807) is 11.9 Å². The van der Waals surface area contributed by atoms with Gasteiger partial charge in [0.15, 0.2) is 0 Å². The van der Waals surface area contributed by atoms with Crippen LogP contribution in [0.25, 0.3) is 0 Å². The molecule has 6 heteroatoms. The predicted molar refractivity (Wildman–Crippen MR) is 77.5 cm³/mol. The summed E-state index contributed by atoms with van der Waals surface area (Å²) < 4.78 is 5.39. The maximum atomic E-state index is 12.0. The lowest BCUT2D eigenvalue weighted by molar-refractivity contribution is -0.119. The highest BCUT2D eigenvalue weighted by atomic mass is 16.6. The molecule has 1 unspecified atom stereocenters. The molecule has 1 saturated heterocycles. The predicted octanol–water partition coefficient (Wildman–Crippen LogP) is 1.11. The van der Waals surface area contributed by atoms with Crippen LogP contribution in [0.5, 0.6) is 0 Å². The Morgan fingerprint density at radius 3 is 2.55 bits per heavy atom. The summed E-state index contributed by atoms with van der Waals surface area (Å²) in [7, 11) is 1.63. The van der Waals surface area contributed by atoms with Gasteiger partial charge in [-0.05, 0) is 40.0 Å². The molecule has 0 saturated carbocycles. The van der Waals surface area contributed by atoms with Crippen molar-refractivity contribution in [2.24, 2.45) is 0 Å². The number of ether oxygens (including phenoxy) is 1. The van der Waals surface area contributed by atoms with Crippen LogP contribution in [0.3, 0.4) is 0 Å². The third kappa shape index (κ3) is 6.23. The lowest BCUT2D eigenvalue weighted by Gasteiger charge is -2.26. The fourth-order valence-electron chi connectivity index (χ4n) is 2.13. The lowest BCUT2D eigenvalue weighted by Crippen LogP contribution is -2.40. The number of nitrogens with one attached hydrogen (secondary N) is 2. The quantitative estimate of drug-likeness (QED) is 0.815. The van der Waals surface area contributed by atoms with E-state index in [0.717, 1.165) is 19.3 Å². The molecular formula is C14H27N3O3. The first-order valence-corrected chi connectivity index (χ1v) is 7.23. The van der Waals surface area contributed by atoms with Crippen molar-refractivity contribution >= 4 is 12.0 Å². The minimum absolute atomic E-state index is 0.0155. The van der Waals surface area contributed by atoms with Gasteiger partial charge >= 0.3 is 6.09 Å². The summed E-state index contributed by atoms with van der Waals surface area (Å²) in [5.41, 5.74) is -0.458. The summed E-state index contributed by atoms with van der Waals surface area (Å²) in [6.45, 7) is 7.32. The standard InChI is InChI=1S/C14H27N3O3/c1-14(2,3)20-13(19)17-8-5-6-11(7-9-17)16-10-12(18)15-4/h11,16H,5-10H2,1-4H3,(H,15,18). The lowest BCUT2D eigenvalue weighted by atomic mass is 10.1. The third-order valence-electron chi connectivity index (χ3n) is 3.21. The summed E-state index contributed by atoms with van der Waals surface area (Å²) >= 11 is 0. The van der Waals surface area contributed by atoms with Crippen LogP contribution >= 0.6 is 0 Å². The van der Waals surface area contributed by atoms with Crippen LogP contribution in [0.15, 0.2) is 0 Å². The molecule has 1 aliphatic rings. The van der Waals surface area contributed by atoms with Crippen molar-refractivity contribution in [2.45, 2.75) is 51.7 Å². The van der Waals surface area contributed by atoms with Crippen LogP contribution in [0.1, 0.15) is 40.0 Å². The number of likely N-dealkylation sites (N-methyl/N-ethyl adjacent to an activating group) is 1. The molecule has 0 aliphatic carbocycles. The first-order chi connectivity index (χ1) is 9.31. The van der Waals surface area contributed by atoms with Gasteiger partial charge in [0.2, 0.25) is 5.91 Å². The summed E-state index contributed by atoms with van der Waals surface area (Å²) in [6, 6.07) is 0.278. The Hall–Kier alpha value is -1.30. The van der Waals surface area contributed by atoms with E-state index in [4.69, 9.17) is 4.74 Å². The number of rotatable bonds is 3. The molecule has 1 heterocycles. The summed E-state index contributed by atoms with van der Waals surface area (Å²) in [5, 5.41) is 5.82. The van der Waals surface area contributed by atoms with Gasteiger partial charge in [-0.3, -0.25) is 4.79 Å². The molecule has 0 aromatic heterocycles. The third-order valence-corrected chi connectivity index (χ3v) is 3.21. The molecule has 0 spiro atoms. The molecule has 2 N–H and O–H groups in total. The molecule has 1 aliphatic heterocycles. The van der Waals surface area contributed by atoms with E-state index in [9.17, 15) is 9.59 Å². The molecule has 1 atom stereocenters. The Bertz CT molecular complexity index is 339. The number of hydrogen-bond donors (Lipinski definition) is 2.